The van der Waals surface area contributed by atoms with Crippen molar-refractivity contribution in [1.29, 1.82) is 0 Å². The number of thiophene rings is 1. The van der Waals surface area contributed by atoms with E-state index in [1.807, 2.05) is 24.8 Å². The van der Waals surface area contributed by atoms with Crippen LogP contribution in [-0.4, -0.2) is 54.7 Å². The third-order valence-electron chi connectivity index (χ3n) is 3.25. The summed E-state index contributed by atoms with van der Waals surface area (Å²) in [5, 5.41) is 9.27. The molecule has 0 amide bonds. The van der Waals surface area contributed by atoms with Crippen molar-refractivity contribution in [3.63, 3.8) is 0 Å². The number of ether oxygens (including phenoxy) is 1. The topological polar surface area (TPSA) is 49.8 Å². The lowest BCUT2D eigenvalue weighted by atomic mass is 10.1. The summed E-state index contributed by atoms with van der Waals surface area (Å²) in [5.41, 5.74) is 0.820. The Labute approximate surface area is 111 Å². The summed E-state index contributed by atoms with van der Waals surface area (Å²) < 4.78 is 5.31. The molecule has 1 aromatic rings. The molecule has 100 valence electrons. The molecule has 1 aliphatic heterocycles. The zero-order valence-corrected chi connectivity index (χ0v) is 11.6. The highest BCUT2D eigenvalue weighted by Crippen LogP contribution is 2.21. The largest absolute Gasteiger partial charge is 0.395 e. The number of carbonyl (C=O) groups is 1. The molecule has 0 aromatic carbocycles. The Morgan fingerprint density at radius 3 is 3.00 bits per heavy atom. The minimum Gasteiger partial charge on any atom is -0.395 e. The van der Waals surface area contributed by atoms with Gasteiger partial charge in [-0.25, -0.2) is 0 Å². The van der Waals surface area contributed by atoms with Crippen molar-refractivity contribution < 1.29 is 14.6 Å². The third kappa shape index (κ3) is 2.98. The first-order chi connectivity index (χ1) is 8.61. The van der Waals surface area contributed by atoms with E-state index in [4.69, 9.17) is 4.74 Å². The predicted octanol–water partition coefficient (Wildman–Crippen LogP) is 1.24. The van der Waals surface area contributed by atoms with Gasteiger partial charge in [0.15, 0.2) is 5.78 Å². The van der Waals surface area contributed by atoms with E-state index in [1.54, 1.807) is 11.3 Å². The molecule has 1 unspecified atom stereocenters. The molecular weight excluding hydrogens is 250 g/mol. The fraction of sp³-hybridized carbons (Fsp3) is 0.615. The highest BCUT2D eigenvalue weighted by molar-refractivity contribution is 7.12. The monoisotopic (exact) mass is 269 g/mol. The van der Waals surface area contributed by atoms with Crippen LogP contribution in [0.25, 0.3) is 0 Å². The first-order valence-electron chi connectivity index (χ1n) is 6.14. The summed E-state index contributed by atoms with van der Waals surface area (Å²) in [4.78, 5) is 16.5. The average molecular weight is 269 g/mol. The highest BCUT2D eigenvalue weighted by atomic mass is 32.1. The van der Waals surface area contributed by atoms with Gasteiger partial charge < -0.3 is 9.84 Å². The number of Topliss-reactive ketones (excluding diaryl/α,β-unsaturated/α-hetero) is 1. The van der Waals surface area contributed by atoms with Crippen LogP contribution >= 0.6 is 11.3 Å². The summed E-state index contributed by atoms with van der Waals surface area (Å²) in [6.45, 7) is 6.24. The number of morpholine rings is 1. The van der Waals surface area contributed by atoms with Crippen LogP contribution in [0.1, 0.15) is 20.1 Å². The zero-order valence-electron chi connectivity index (χ0n) is 10.8. The number of rotatable bonds is 4. The van der Waals surface area contributed by atoms with Gasteiger partial charge in [0.2, 0.25) is 0 Å². The van der Waals surface area contributed by atoms with Crippen LogP contribution in [0.15, 0.2) is 6.07 Å². The van der Waals surface area contributed by atoms with Crippen molar-refractivity contribution in [2.24, 2.45) is 0 Å². The third-order valence-corrected chi connectivity index (χ3v) is 4.21. The molecule has 2 rings (SSSR count). The molecule has 1 atom stereocenters. The van der Waals surface area contributed by atoms with E-state index in [0.717, 1.165) is 15.3 Å². The van der Waals surface area contributed by atoms with Gasteiger partial charge in [-0.1, -0.05) is 0 Å². The average Bonchev–Trinajstić information content (AvgIpc) is 2.69. The van der Waals surface area contributed by atoms with Gasteiger partial charge in [0.1, 0.15) is 0 Å². The molecule has 2 heterocycles. The van der Waals surface area contributed by atoms with Gasteiger partial charge in [0, 0.05) is 21.9 Å². The predicted molar refractivity (Wildman–Crippen MR) is 71.4 cm³/mol. The van der Waals surface area contributed by atoms with Crippen LogP contribution in [0.3, 0.4) is 0 Å². The van der Waals surface area contributed by atoms with Crippen molar-refractivity contribution in [3.8, 4) is 0 Å². The molecule has 0 radical (unpaired) electrons. The van der Waals surface area contributed by atoms with E-state index < -0.39 is 0 Å². The standard InChI is InChI=1S/C13H19NO3S/c1-9-5-12(10(2)18-9)13(16)6-14-3-4-17-8-11(14)7-15/h5,11,15H,3-4,6-8H2,1-2H3. The van der Waals surface area contributed by atoms with Crippen molar-refractivity contribution in [2.45, 2.75) is 19.9 Å². The van der Waals surface area contributed by atoms with Crippen LogP contribution in [0, 0.1) is 13.8 Å². The smallest absolute Gasteiger partial charge is 0.177 e. The van der Waals surface area contributed by atoms with E-state index >= 15 is 0 Å². The summed E-state index contributed by atoms with van der Waals surface area (Å²) >= 11 is 1.65. The Morgan fingerprint density at radius 1 is 1.61 bits per heavy atom. The number of nitrogens with zero attached hydrogens (tertiary/aromatic N) is 1. The normalized spacial score (nSPS) is 21.2. The molecule has 0 saturated carbocycles. The molecule has 1 saturated heterocycles. The Balaban J connectivity index is 2.04. The minimum absolute atomic E-state index is 0.0366. The number of hydrogen-bond acceptors (Lipinski definition) is 5. The van der Waals surface area contributed by atoms with Gasteiger partial charge in [0.05, 0.1) is 32.4 Å². The lowest BCUT2D eigenvalue weighted by Gasteiger charge is -2.33. The molecular formula is C13H19NO3S. The summed E-state index contributed by atoms with van der Waals surface area (Å²) in [6, 6.07) is 1.90. The molecule has 1 aliphatic rings. The molecule has 18 heavy (non-hydrogen) atoms. The second-order valence-corrected chi connectivity index (χ2v) is 6.09. The number of aliphatic hydroxyl groups is 1. The summed E-state index contributed by atoms with van der Waals surface area (Å²) in [7, 11) is 0. The fourth-order valence-electron chi connectivity index (χ4n) is 2.24. The van der Waals surface area contributed by atoms with Crippen LogP contribution in [0.4, 0.5) is 0 Å². The number of aryl methyl sites for hydroxylation is 2. The first-order valence-corrected chi connectivity index (χ1v) is 6.96. The summed E-state index contributed by atoms with van der Waals surface area (Å²) in [6.07, 6.45) is 0. The molecule has 5 heteroatoms. The van der Waals surface area contributed by atoms with E-state index in [2.05, 4.69) is 0 Å². The molecule has 1 aromatic heterocycles. The lowest BCUT2D eigenvalue weighted by molar-refractivity contribution is -0.0240. The Hall–Kier alpha value is -0.750. The van der Waals surface area contributed by atoms with Gasteiger partial charge in [0.25, 0.3) is 0 Å². The maximum absolute atomic E-state index is 12.3. The number of ketones is 1. The van der Waals surface area contributed by atoms with Crippen LogP contribution in [0.2, 0.25) is 0 Å². The minimum atomic E-state index is -0.0530. The molecule has 0 spiro atoms. The molecule has 1 N–H and O–H groups in total. The van der Waals surface area contributed by atoms with Crippen molar-refractivity contribution in [2.75, 3.05) is 32.9 Å². The Kier molecular flexibility index (Phi) is 4.50. The SMILES string of the molecule is Cc1cc(C(=O)CN2CCOCC2CO)c(C)s1. The number of hydrogen-bond donors (Lipinski definition) is 1. The van der Waals surface area contributed by atoms with Gasteiger partial charge in [-0.15, -0.1) is 11.3 Å². The quantitative estimate of drug-likeness (QED) is 0.836. The van der Waals surface area contributed by atoms with Gasteiger partial charge in [-0.2, -0.15) is 0 Å². The van der Waals surface area contributed by atoms with E-state index in [0.29, 0.717) is 26.3 Å². The van der Waals surface area contributed by atoms with Crippen molar-refractivity contribution >= 4 is 17.1 Å². The Morgan fingerprint density at radius 2 is 2.39 bits per heavy atom. The second-order valence-electron chi connectivity index (χ2n) is 4.63. The second kappa shape index (κ2) is 5.93. The van der Waals surface area contributed by atoms with E-state index in [-0.39, 0.29) is 18.4 Å². The van der Waals surface area contributed by atoms with Crippen LogP contribution in [-0.2, 0) is 4.74 Å². The van der Waals surface area contributed by atoms with Crippen molar-refractivity contribution in [1.82, 2.24) is 4.90 Å². The van der Waals surface area contributed by atoms with Gasteiger partial charge in [-0.05, 0) is 19.9 Å². The number of aliphatic hydroxyl groups excluding tert-OH is 1. The number of carbonyl (C=O) groups excluding carboxylic acids is 1. The fourth-order valence-corrected chi connectivity index (χ4v) is 3.19. The maximum Gasteiger partial charge on any atom is 0.177 e. The zero-order chi connectivity index (χ0) is 13.1. The van der Waals surface area contributed by atoms with Gasteiger partial charge >= 0.3 is 0 Å². The molecule has 1 fully saturated rings. The molecule has 4 nitrogen and oxygen atoms in total. The highest BCUT2D eigenvalue weighted by Gasteiger charge is 2.25. The van der Waals surface area contributed by atoms with E-state index in [1.165, 1.54) is 0 Å². The van der Waals surface area contributed by atoms with E-state index in [9.17, 15) is 9.90 Å². The summed E-state index contributed by atoms with van der Waals surface area (Å²) in [5.74, 6) is 0.136. The lowest BCUT2D eigenvalue weighted by Crippen LogP contribution is -2.49. The van der Waals surface area contributed by atoms with Gasteiger partial charge in [-0.3, -0.25) is 9.69 Å². The molecule has 0 aliphatic carbocycles. The van der Waals surface area contributed by atoms with Crippen molar-refractivity contribution in [3.05, 3.63) is 21.4 Å². The van der Waals surface area contributed by atoms with Crippen LogP contribution in [0.5, 0.6) is 0 Å². The molecule has 0 bridgehead atoms. The first kappa shape index (κ1) is 13.7. The maximum atomic E-state index is 12.3. The Bertz CT molecular complexity index is 430. The van der Waals surface area contributed by atoms with Crippen LogP contribution < -0.4 is 0 Å².